The van der Waals surface area contributed by atoms with E-state index in [1.807, 2.05) is 29.3 Å². The number of para-hydroxylation sites is 1. The van der Waals surface area contributed by atoms with Gasteiger partial charge in [-0.2, -0.15) is 0 Å². The molecule has 0 bridgehead atoms. The van der Waals surface area contributed by atoms with Gasteiger partial charge >= 0.3 is 5.97 Å². The van der Waals surface area contributed by atoms with Crippen molar-refractivity contribution in [3.8, 4) is 0 Å². The largest absolute Gasteiger partial charge is 0.464 e. The van der Waals surface area contributed by atoms with Crippen molar-refractivity contribution in [1.29, 1.82) is 0 Å². The van der Waals surface area contributed by atoms with Gasteiger partial charge in [-0.25, -0.2) is 4.79 Å². The number of nitrogens with one attached hydrogen (secondary N) is 1. The summed E-state index contributed by atoms with van der Waals surface area (Å²) in [6.45, 7) is 3.20. The van der Waals surface area contributed by atoms with E-state index < -0.39 is 5.97 Å². The Morgan fingerprint density at radius 1 is 0.853 bits per heavy atom. The molecule has 172 valence electrons. The second-order valence-corrected chi connectivity index (χ2v) is 8.29. The van der Waals surface area contributed by atoms with Crippen LogP contribution in [0.15, 0.2) is 95.3 Å². The van der Waals surface area contributed by atoms with Gasteiger partial charge in [0.2, 0.25) is 0 Å². The van der Waals surface area contributed by atoms with Crippen molar-refractivity contribution in [1.82, 2.24) is 14.9 Å². The first kappa shape index (κ1) is 21.9. The summed E-state index contributed by atoms with van der Waals surface area (Å²) in [5, 5.41) is 11.8. The highest BCUT2D eigenvalue weighted by molar-refractivity contribution is 6.04. The number of rotatable bonds is 6. The lowest BCUT2D eigenvalue weighted by Gasteiger charge is -2.38. The van der Waals surface area contributed by atoms with Crippen LogP contribution in [-0.2, 0) is 4.74 Å². The molecule has 34 heavy (non-hydrogen) atoms. The highest BCUT2D eigenvalue weighted by Crippen LogP contribution is 2.32. The highest BCUT2D eigenvalue weighted by Gasteiger charge is 2.26. The van der Waals surface area contributed by atoms with Gasteiger partial charge in [-0.15, -0.1) is 5.11 Å². The first-order valence-corrected chi connectivity index (χ1v) is 11.4. The minimum Gasteiger partial charge on any atom is -0.464 e. The van der Waals surface area contributed by atoms with Gasteiger partial charge in [-0.05, 0) is 17.2 Å². The molecule has 2 heterocycles. The van der Waals surface area contributed by atoms with Crippen molar-refractivity contribution in [3.63, 3.8) is 0 Å². The fourth-order valence-electron chi connectivity index (χ4n) is 4.53. The number of hydrogen-bond donors (Lipinski definition) is 1. The Morgan fingerprint density at radius 3 is 2.06 bits per heavy atom. The van der Waals surface area contributed by atoms with Crippen molar-refractivity contribution in [2.24, 2.45) is 10.3 Å². The quantitative estimate of drug-likeness (QED) is 0.315. The maximum Gasteiger partial charge on any atom is 0.356 e. The number of methoxy groups -OCH3 is 1. The zero-order valence-corrected chi connectivity index (χ0v) is 19.1. The van der Waals surface area contributed by atoms with Crippen molar-refractivity contribution in [3.05, 3.63) is 102 Å². The molecule has 1 saturated heterocycles. The summed E-state index contributed by atoms with van der Waals surface area (Å²) < 4.78 is 4.93. The average Bonchev–Trinajstić information content (AvgIpc) is 3.28. The van der Waals surface area contributed by atoms with Crippen molar-refractivity contribution >= 4 is 22.6 Å². The third-order valence-corrected chi connectivity index (χ3v) is 6.23. The van der Waals surface area contributed by atoms with E-state index in [2.05, 4.69) is 80.9 Å². The van der Waals surface area contributed by atoms with Crippen LogP contribution in [0.2, 0.25) is 0 Å². The van der Waals surface area contributed by atoms with E-state index in [1.165, 1.54) is 18.2 Å². The van der Waals surface area contributed by atoms with Gasteiger partial charge in [0.25, 0.3) is 0 Å². The fourth-order valence-corrected chi connectivity index (χ4v) is 4.53. The molecular formula is C27H27N5O2. The number of piperazine rings is 1. The monoisotopic (exact) mass is 453 g/mol. The molecular weight excluding hydrogens is 426 g/mol. The predicted octanol–water partition coefficient (Wildman–Crippen LogP) is 5.36. The third kappa shape index (κ3) is 4.43. The second-order valence-electron chi connectivity index (χ2n) is 8.29. The van der Waals surface area contributed by atoms with E-state index in [4.69, 9.17) is 4.74 Å². The molecule has 0 atom stereocenters. The number of aromatic amines is 1. The molecule has 0 radical (unpaired) electrons. The first-order chi connectivity index (χ1) is 16.7. The van der Waals surface area contributed by atoms with E-state index >= 15 is 0 Å². The van der Waals surface area contributed by atoms with Crippen LogP contribution in [0.3, 0.4) is 0 Å². The fraction of sp³-hybridized carbons (Fsp3) is 0.222. The van der Waals surface area contributed by atoms with Gasteiger partial charge in [-0.1, -0.05) is 84.1 Å². The van der Waals surface area contributed by atoms with E-state index in [9.17, 15) is 4.79 Å². The van der Waals surface area contributed by atoms with Gasteiger partial charge in [-0.3, -0.25) is 9.91 Å². The number of hydrogen-bond acceptors (Lipinski definition) is 5. The Morgan fingerprint density at radius 2 is 1.44 bits per heavy atom. The lowest BCUT2D eigenvalue weighted by atomic mass is 9.96. The van der Waals surface area contributed by atoms with E-state index in [0.29, 0.717) is 11.4 Å². The van der Waals surface area contributed by atoms with Crippen LogP contribution in [0.5, 0.6) is 0 Å². The molecule has 7 heteroatoms. The molecule has 1 aliphatic rings. The Bertz CT molecular complexity index is 1240. The lowest BCUT2D eigenvalue weighted by molar-refractivity contribution is 0.0595. The summed E-state index contributed by atoms with van der Waals surface area (Å²) in [5.74, 6) is -0.455. The summed E-state index contributed by atoms with van der Waals surface area (Å²) in [7, 11) is 1.36. The number of esters is 1. The highest BCUT2D eigenvalue weighted by atomic mass is 16.5. The molecule has 5 rings (SSSR count). The van der Waals surface area contributed by atoms with Crippen molar-refractivity contribution in [2.45, 2.75) is 6.04 Å². The van der Waals surface area contributed by atoms with Gasteiger partial charge in [0.1, 0.15) is 5.69 Å². The standard InChI is InChI=1S/C27H27N5O2/c1-34-27(33)25-24(22-14-8-9-15-23(22)28-25)29-30-32-18-16-31(17-19-32)26(20-10-4-2-5-11-20)21-12-6-3-7-13-21/h2-15,26,28H,16-19H2,1H3. The van der Waals surface area contributed by atoms with Crippen LogP contribution in [0.4, 0.5) is 5.69 Å². The molecule has 4 aromatic rings. The summed E-state index contributed by atoms with van der Waals surface area (Å²) in [6.07, 6.45) is 0. The Labute approximate surface area is 198 Å². The molecule has 1 aliphatic heterocycles. The summed E-state index contributed by atoms with van der Waals surface area (Å²) in [5.41, 5.74) is 4.22. The predicted molar refractivity (Wildman–Crippen MR) is 132 cm³/mol. The summed E-state index contributed by atoms with van der Waals surface area (Å²) in [6, 6.07) is 29.1. The van der Waals surface area contributed by atoms with E-state index in [0.717, 1.165) is 37.1 Å². The molecule has 1 aromatic heterocycles. The average molecular weight is 454 g/mol. The topological polar surface area (TPSA) is 73.3 Å². The number of carbonyl (C=O) groups excluding carboxylic acids is 1. The molecule has 0 saturated carbocycles. The maximum absolute atomic E-state index is 12.3. The van der Waals surface area contributed by atoms with Crippen molar-refractivity contribution in [2.75, 3.05) is 33.3 Å². The molecule has 0 unspecified atom stereocenters. The zero-order valence-electron chi connectivity index (χ0n) is 19.1. The van der Waals surface area contributed by atoms with Gasteiger partial charge in [0.05, 0.1) is 26.2 Å². The van der Waals surface area contributed by atoms with Crippen LogP contribution in [0.25, 0.3) is 10.9 Å². The van der Waals surface area contributed by atoms with E-state index in [1.54, 1.807) is 0 Å². The minimum absolute atomic E-state index is 0.195. The molecule has 1 N–H and O–H groups in total. The van der Waals surface area contributed by atoms with Gasteiger partial charge < -0.3 is 9.72 Å². The normalized spacial score (nSPS) is 14.8. The molecule has 1 fully saturated rings. The number of nitrogens with zero attached hydrogens (tertiary/aromatic N) is 4. The molecule has 7 nitrogen and oxygen atoms in total. The Hall–Kier alpha value is -3.97. The smallest absolute Gasteiger partial charge is 0.356 e. The summed E-state index contributed by atoms with van der Waals surface area (Å²) >= 11 is 0. The number of benzene rings is 3. The van der Waals surface area contributed by atoms with Gasteiger partial charge in [0.15, 0.2) is 5.69 Å². The molecule has 3 aromatic carbocycles. The van der Waals surface area contributed by atoms with Crippen molar-refractivity contribution < 1.29 is 9.53 Å². The van der Waals surface area contributed by atoms with Crippen LogP contribution in [-0.4, -0.2) is 54.2 Å². The van der Waals surface area contributed by atoms with Crippen LogP contribution < -0.4 is 0 Å². The number of carbonyl (C=O) groups is 1. The molecule has 0 spiro atoms. The van der Waals surface area contributed by atoms with E-state index in [-0.39, 0.29) is 6.04 Å². The summed E-state index contributed by atoms with van der Waals surface area (Å²) in [4.78, 5) is 17.9. The Kier molecular flexibility index (Phi) is 6.35. The van der Waals surface area contributed by atoms with Crippen LogP contribution in [0, 0.1) is 0 Å². The van der Waals surface area contributed by atoms with Crippen LogP contribution in [0.1, 0.15) is 27.7 Å². The number of fused-ring (bicyclic) bond motifs is 1. The lowest BCUT2D eigenvalue weighted by Crippen LogP contribution is -2.45. The Balaban J connectivity index is 1.34. The van der Waals surface area contributed by atoms with Crippen LogP contribution >= 0.6 is 0 Å². The first-order valence-electron chi connectivity index (χ1n) is 11.4. The van der Waals surface area contributed by atoms with Gasteiger partial charge in [0, 0.05) is 24.0 Å². The maximum atomic E-state index is 12.3. The second kappa shape index (κ2) is 9.89. The number of H-pyrrole nitrogens is 1. The third-order valence-electron chi connectivity index (χ3n) is 6.23. The number of aromatic nitrogens is 1. The minimum atomic E-state index is -0.455. The zero-order chi connectivity index (χ0) is 23.3. The molecule has 0 amide bonds. The number of ether oxygens (including phenoxy) is 1. The SMILES string of the molecule is COC(=O)c1[nH]c2ccccc2c1N=NN1CCN(C(c2ccccc2)c2ccccc2)CC1. The molecule has 0 aliphatic carbocycles.